The van der Waals surface area contributed by atoms with Crippen LogP contribution in [0, 0.1) is 0 Å². The van der Waals surface area contributed by atoms with Gasteiger partial charge in [-0.15, -0.1) is 0 Å². The molecule has 0 aliphatic heterocycles. The Kier molecular flexibility index (Phi) is 65.2. The molecule has 0 fully saturated rings. The topological polar surface area (TPSA) is 78.9 Å². The van der Waals surface area contributed by atoms with Crippen LogP contribution in [-0.4, -0.2) is 37.2 Å². The molecule has 81 heavy (non-hydrogen) atoms. The quantitative estimate of drug-likeness (QED) is 0.0261. The van der Waals surface area contributed by atoms with E-state index in [4.69, 9.17) is 14.2 Å². The van der Waals surface area contributed by atoms with Gasteiger partial charge in [0.15, 0.2) is 6.10 Å². The molecule has 1 unspecified atom stereocenters. The predicted molar refractivity (Wildman–Crippen MR) is 353 cm³/mol. The van der Waals surface area contributed by atoms with Crippen LogP contribution in [0.25, 0.3) is 0 Å². The summed E-state index contributed by atoms with van der Waals surface area (Å²) in [5.41, 5.74) is 0. The van der Waals surface area contributed by atoms with Crippen LogP contribution < -0.4 is 0 Å². The van der Waals surface area contributed by atoms with Crippen LogP contribution in [0.3, 0.4) is 0 Å². The maximum Gasteiger partial charge on any atom is 0.306 e. The van der Waals surface area contributed by atoms with Gasteiger partial charge in [0, 0.05) is 19.3 Å². The number of ether oxygens (including phenoxy) is 3. The molecule has 0 bridgehead atoms. The first-order chi connectivity index (χ1) is 40.0. The first-order valence-corrected chi connectivity index (χ1v) is 34.4. The predicted octanol–water partition coefficient (Wildman–Crippen LogP) is 23.8. The molecule has 0 aromatic rings. The van der Waals surface area contributed by atoms with Crippen molar-refractivity contribution in [2.24, 2.45) is 0 Å². The second-order valence-electron chi connectivity index (χ2n) is 22.7. The Balaban J connectivity index is 4.36. The maximum atomic E-state index is 12.9. The maximum absolute atomic E-state index is 12.9. The summed E-state index contributed by atoms with van der Waals surface area (Å²) in [6, 6.07) is 0. The van der Waals surface area contributed by atoms with Crippen LogP contribution >= 0.6 is 0 Å². The third-order valence-corrected chi connectivity index (χ3v) is 14.8. The summed E-state index contributed by atoms with van der Waals surface area (Å²) in [5, 5.41) is 0. The normalized spacial score (nSPS) is 12.8. The van der Waals surface area contributed by atoms with Crippen molar-refractivity contribution >= 4 is 17.9 Å². The molecule has 6 nitrogen and oxygen atoms in total. The average Bonchev–Trinajstić information content (AvgIpc) is 3.47. The van der Waals surface area contributed by atoms with Gasteiger partial charge in [-0.25, -0.2) is 0 Å². The van der Waals surface area contributed by atoms with E-state index in [0.29, 0.717) is 19.3 Å². The number of allylic oxidation sites excluding steroid dienone is 18. The van der Waals surface area contributed by atoms with Gasteiger partial charge in [0.05, 0.1) is 0 Å². The van der Waals surface area contributed by atoms with Gasteiger partial charge in [0.25, 0.3) is 0 Å². The number of rotatable bonds is 62. The molecule has 0 heterocycles. The summed E-state index contributed by atoms with van der Waals surface area (Å²) in [6.07, 6.45) is 94.1. The van der Waals surface area contributed by atoms with Crippen LogP contribution in [0.2, 0.25) is 0 Å². The molecule has 0 saturated carbocycles. The molecule has 6 heteroatoms. The zero-order chi connectivity index (χ0) is 58.5. The van der Waals surface area contributed by atoms with E-state index >= 15 is 0 Å². The van der Waals surface area contributed by atoms with E-state index in [1.165, 1.54) is 193 Å². The van der Waals surface area contributed by atoms with E-state index in [9.17, 15) is 14.4 Å². The Morgan fingerprint density at radius 1 is 0.259 bits per heavy atom. The number of carbonyl (C=O) groups excluding carboxylic acids is 3. The highest BCUT2D eigenvalue weighted by Gasteiger charge is 2.19. The minimum Gasteiger partial charge on any atom is -0.462 e. The highest BCUT2D eigenvalue weighted by molar-refractivity contribution is 5.71. The van der Waals surface area contributed by atoms with Crippen molar-refractivity contribution in [2.75, 3.05) is 13.2 Å². The largest absolute Gasteiger partial charge is 0.462 e. The molecule has 0 amide bonds. The van der Waals surface area contributed by atoms with E-state index < -0.39 is 6.10 Å². The van der Waals surface area contributed by atoms with Crippen LogP contribution in [0.1, 0.15) is 329 Å². The number of hydrogen-bond donors (Lipinski definition) is 0. The van der Waals surface area contributed by atoms with Crippen molar-refractivity contribution < 1.29 is 28.6 Å². The number of carbonyl (C=O) groups is 3. The highest BCUT2D eigenvalue weighted by Crippen LogP contribution is 2.17. The first kappa shape index (κ1) is 77.1. The molecule has 0 spiro atoms. The third-order valence-electron chi connectivity index (χ3n) is 14.8. The minimum atomic E-state index is -0.820. The summed E-state index contributed by atoms with van der Waals surface area (Å²) in [5.74, 6) is -0.979. The zero-order valence-corrected chi connectivity index (χ0v) is 53.3. The van der Waals surface area contributed by atoms with Crippen LogP contribution in [0.15, 0.2) is 109 Å². The fourth-order valence-corrected chi connectivity index (χ4v) is 9.65. The lowest BCUT2D eigenvalue weighted by atomic mass is 10.0. The Labute approximate surface area is 501 Å². The Morgan fingerprint density at radius 3 is 0.802 bits per heavy atom. The summed E-state index contributed by atoms with van der Waals surface area (Å²) >= 11 is 0. The molecular weight excluding hydrogens is 997 g/mol. The van der Waals surface area contributed by atoms with Gasteiger partial charge in [-0.2, -0.15) is 0 Å². The summed E-state index contributed by atoms with van der Waals surface area (Å²) in [7, 11) is 0. The van der Waals surface area contributed by atoms with Gasteiger partial charge in [-0.1, -0.05) is 323 Å². The van der Waals surface area contributed by atoms with Crippen molar-refractivity contribution in [1.29, 1.82) is 0 Å². The fourth-order valence-electron chi connectivity index (χ4n) is 9.65. The van der Waals surface area contributed by atoms with Crippen molar-refractivity contribution in [3.05, 3.63) is 109 Å². The second-order valence-corrected chi connectivity index (χ2v) is 22.7. The Hall–Kier alpha value is -3.93. The molecule has 0 aromatic carbocycles. The fraction of sp³-hybridized carbons (Fsp3) is 0.720. The van der Waals surface area contributed by atoms with Crippen LogP contribution in [-0.2, 0) is 28.6 Å². The van der Waals surface area contributed by atoms with E-state index in [2.05, 4.69) is 124 Å². The molecule has 0 N–H and O–H groups in total. The van der Waals surface area contributed by atoms with Crippen molar-refractivity contribution in [1.82, 2.24) is 0 Å². The molecular formula is C75H128O6. The van der Waals surface area contributed by atoms with Gasteiger partial charge < -0.3 is 14.2 Å². The SMILES string of the molecule is CC/C=C\C/C=C\C/C=C\C/C=C\C/C=C\C/C=C\CCC(=O)OC(COC(=O)CCCCCCCCCCCCCCCCC)COC(=O)CCCCCCCCCCCCCCCC/C=C\C/C=C\C/C=C\CCCCCCC. The lowest BCUT2D eigenvalue weighted by Crippen LogP contribution is -2.30. The lowest BCUT2D eigenvalue weighted by molar-refractivity contribution is -0.166. The van der Waals surface area contributed by atoms with Gasteiger partial charge in [-0.05, 0) is 96.3 Å². The summed E-state index contributed by atoms with van der Waals surface area (Å²) < 4.78 is 16.9. The molecule has 0 radical (unpaired) electrons. The molecule has 0 aliphatic rings. The van der Waals surface area contributed by atoms with Crippen LogP contribution in [0.4, 0.5) is 0 Å². The van der Waals surface area contributed by atoms with Crippen molar-refractivity contribution in [3.8, 4) is 0 Å². The number of esters is 3. The lowest BCUT2D eigenvalue weighted by Gasteiger charge is -2.18. The van der Waals surface area contributed by atoms with Crippen molar-refractivity contribution in [2.45, 2.75) is 335 Å². The van der Waals surface area contributed by atoms with E-state index in [-0.39, 0.29) is 37.5 Å². The van der Waals surface area contributed by atoms with Crippen LogP contribution in [0.5, 0.6) is 0 Å². The van der Waals surface area contributed by atoms with Crippen molar-refractivity contribution in [3.63, 3.8) is 0 Å². The highest BCUT2D eigenvalue weighted by atomic mass is 16.6. The third kappa shape index (κ3) is 66.8. The summed E-state index contributed by atoms with van der Waals surface area (Å²) in [4.78, 5) is 38.4. The van der Waals surface area contributed by atoms with Gasteiger partial charge >= 0.3 is 17.9 Å². The zero-order valence-electron chi connectivity index (χ0n) is 53.3. The number of hydrogen-bond acceptors (Lipinski definition) is 6. The van der Waals surface area contributed by atoms with E-state index in [1.54, 1.807) is 0 Å². The van der Waals surface area contributed by atoms with Gasteiger partial charge in [0.2, 0.25) is 0 Å². The minimum absolute atomic E-state index is 0.106. The monoisotopic (exact) mass is 1120 g/mol. The second kappa shape index (κ2) is 68.6. The Bertz CT molecular complexity index is 1620. The Morgan fingerprint density at radius 2 is 0.506 bits per heavy atom. The van der Waals surface area contributed by atoms with Gasteiger partial charge in [0.1, 0.15) is 13.2 Å². The molecule has 0 aliphatic carbocycles. The van der Waals surface area contributed by atoms with E-state index in [0.717, 1.165) is 89.9 Å². The smallest absolute Gasteiger partial charge is 0.306 e. The first-order valence-electron chi connectivity index (χ1n) is 34.4. The average molecular weight is 1130 g/mol. The van der Waals surface area contributed by atoms with E-state index in [1.807, 2.05) is 6.08 Å². The molecule has 0 rings (SSSR count). The molecule has 0 saturated heterocycles. The number of unbranched alkanes of at least 4 members (excludes halogenated alkanes) is 33. The molecule has 0 aromatic heterocycles. The van der Waals surface area contributed by atoms with Gasteiger partial charge in [-0.3, -0.25) is 14.4 Å². The molecule has 1 atom stereocenters. The summed E-state index contributed by atoms with van der Waals surface area (Å²) in [6.45, 7) is 6.49. The standard InChI is InChI=1S/C75H128O6/c1-4-7-10-13-16-19-22-25-28-30-32-33-34-35-36-37-38-39-40-41-43-44-47-50-53-56-59-62-65-68-74(77)80-71-72(70-79-73(76)67-64-61-58-55-52-49-46-27-24-21-18-15-12-9-6-3)81-75(78)69-66-63-60-57-54-51-48-45-42-31-29-26-23-20-17-14-11-8-5-2/h8,11,17,20,22,25-26,29-30,32,34-35,42,45,51,54,60,63,72H,4-7,9-10,12-16,18-19,21,23-24,27-28,31,33,36-41,43-44,46-50,52-53,55-59,61-62,64-71H2,1-3H3/b11-8-,20-17-,25-22-,29-26-,32-30-,35-34-,45-42-,54-51-,63-60-. The molecule has 464 valence electrons.